The van der Waals surface area contributed by atoms with Crippen molar-refractivity contribution in [3.05, 3.63) is 75.5 Å². The van der Waals surface area contributed by atoms with Gasteiger partial charge in [-0.3, -0.25) is 5.41 Å². The van der Waals surface area contributed by atoms with Crippen LogP contribution in [0.4, 0.5) is 11.6 Å². The fraction of sp³-hybridized carbons (Fsp3) is 0.190. The van der Waals surface area contributed by atoms with Gasteiger partial charge in [-0.15, -0.1) is 0 Å². The molecule has 2 aromatic carbocycles. The molecule has 3 aromatic rings. The van der Waals surface area contributed by atoms with Crippen molar-refractivity contribution in [1.82, 2.24) is 9.97 Å². The zero-order valence-electron chi connectivity index (χ0n) is 15.1. The second-order valence-corrected chi connectivity index (χ2v) is 7.73. The fourth-order valence-electron chi connectivity index (χ4n) is 3.58. The summed E-state index contributed by atoms with van der Waals surface area (Å²) in [6.45, 7) is 0. The first-order valence-electron chi connectivity index (χ1n) is 9.04. The summed E-state index contributed by atoms with van der Waals surface area (Å²) in [6.07, 6.45) is 4.28. The number of phenolic OH excluding ortho intramolecular Hbond substituents is 1. The first-order chi connectivity index (χ1) is 13.5. The van der Waals surface area contributed by atoms with Gasteiger partial charge < -0.3 is 16.2 Å². The lowest BCUT2D eigenvalue weighted by Gasteiger charge is -2.27. The van der Waals surface area contributed by atoms with Crippen LogP contribution in [-0.2, 0) is 12.8 Å². The van der Waals surface area contributed by atoms with E-state index < -0.39 is 0 Å². The van der Waals surface area contributed by atoms with Crippen LogP contribution in [0.2, 0.25) is 0 Å². The number of aromatic nitrogens is 2. The van der Waals surface area contributed by atoms with Gasteiger partial charge in [-0.1, -0.05) is 30.3 Å². The van der Waals surface area contributed by atoms with E-state index in [4.69, 9.17) is 11.1 Å². The summed E-state index contributed by atoms with van der Waals surface area (Å²) in [5.41, 5.74) is 9.99. The SMILES string of the molecule is N=C(c1ccc(Br)c(O)c1)c1c(N)ncnc1NC1CCc2ccccc2C1. The smallest absolute Gasteiger partial charge is 0.141 e. The molecule has 1 aliphatic rings. The molecule has 28 heavy (non-hydrogen) atoms. The molecule has 0 saturated heterocycles. The van der Waals surface area contributed by atoms with Gasteiger partial charge in [-0.05, 0) is 58.5 Å². The van der Waals surface area contributed by atoms with E-state index >= 15 is 0 Å². The number of phenols is 1. The van der Waals surface area contributed by atoms with E-state index in [1.54, 1.807) is 12.1 Å². The zero-order chi connectivity index (χ0) is 19.7. The lowest BCUT2D eigenvalue weighted by molar-refractivity contribution is 0.472. The quantitative estimate of drug-likeness (QED) is 0.462. The average Bonchev–Trinajstić information content (AvgIpc) is 2.70. The number of aromatic hydroxyl groups is 1. The first kappa shape index (κ1) is 18.4. The molecule has 1 unspecified atom stereocenters. The van der Waals surface area contributed by atoms with Crippen LogP contribution in [-0.4, -0.2) is 26.8 Å². The number of benzene rings is 2. The molecule has 1 aliphatic carbocycles. The van der Waals surface area contributed by atoms with E-state index in [1.807, 2.05) is 0 Å². The second-order valence-electron chi connectivity index (χ2n) is 6.88. The summed E-state index contributed by atoms with van der Waals surface area (Å²) in [4.78, 5) is 8.43. The standard InChI is InChI=1S/C21H20BrN5O/c22-16-8-6-14(10-17(16)28)19(23)18-20(24)25-11-26-21(18)27-15-7-5-12-3-1-2-4-13(12)9-15/h1-4,6,8,10-11,15,23,28H,5,7,9H2,(H3,24,25,26,27). The number of hydrogen-bond donors (Lipinski definition) is 4. The predicted molar refractivity (Wildman–Crippen MR) is 114 cm³/mol. The van der Waals surface area contributed by atoms with Crippen LogP contribution in [0, 0.1) is 5.41 Å². The van der Waals surface area contributed by atoms with Gasteiger partial charge in [0.15, 0.2) is 0 Å². The first-order valence-corrected chi connectivity index (χ1v) is 9.84. The molecule has 1 atom stereocenters. The van der Waals surface area contributed by atoms with Crippen molar-refractivity contribution in [2.75, 3.05) is 11.1 Å². The van der Waals surface area contributed by atoms with Crippen molar-refractivity contribution in [1.29, 1.82) is 5.41 Å². The third-order valence-electron chi connectivity index (χ3n) is 5.05. The third kappa shape index (κ3) is 3.57. The molecular formula is C21H20BrN5O. The predicted octanol–water partition coefficient (Wildman–Crippen LogP) is 3.91. The number of nitrogen functional groups attached to an aromatic ring is 1. The molecule has 0 amide bonds. The fourth-order valence-corrected chi connectivity index (χ4v) is 3.83. The van der Waals surface area contributed by atoms with Crippen molar-refractivity contribution in [3.8, 4) is 5.75 Å². The number of halogens is 1. The molecule has 1 heterocycles. The van der Waals surface area contributed by atoms with Crippen molar-refractivity contribution >= 4 is 33.3 Å². The summed E-state index contributed by atoms with van der Waals surface area (Å²) in [6, 6.07) is 13.6. The second kappa shape index (κ2) is 7.59. The summed E-state index contributed by atoms with van der Waals surface area (Å²) in [7, 11) is 0. The number of nitrogens with two attached hydrogens (primary N) is 1. The summed E-state index contributed by atoms with van der Waals surface area (Å²) >= 11 is 3.26. The van der Waals surface area contributed by atoms with Crippen LogP contribution in [0.5, 0.6) is 5.75 Å². The Hall–Kier alpha value is -2.93. The molecule has 7 heteroatoms. The molecule has 1 aromatic heterocycles. The molecular weight excluding hydrogens is 418 g/mol. The maximum atomic E-state index is 9.97. The number of hydrogen-bond acceptors (Lipinski definition) is 6. The van der Waals surface area contributed by atoms with Crippen LogP contribution in [0.1, 0.15) is 28.7 Å². The van der Waals surface area contributed by atoms with E-state index in [0.29, 0.717) is 21.4 Å². The van der Waals surface area contributed by atoms with Gasteiger partial charge in [-0.2, -0.15) is 0 Å². The lowest BCUT2D eigenvalue weighted by atomic mass is 9.88. The molecule has 0 radical (unpaired) electrons. The Kier molecular flexibility index (Phi) is 5.00. The number of anilines is 2. The maximum Gasteiger partial charge on any atom is 0.141 e. The number of rotatable bonds is 4. The lowest BCUT2D eigenvalue weighted by Crippen LogP contribution is -2.29. The van der Waals surface area contributed by atoms with E-state index in [0.717, 1.165) is 19.3 Å². The van der Waals surface area contributed by atoms with Gasteiger partial charge in [-0.25, -0.2) is 9.97 Å². The van der Waals surface area contributed by atoms with Gasteiger partial charge in [0.1, 0.15) is 23.7 Å². The average molecular weight is 438 g/mol. The Morgan fingerprint density at radius 3 is 2.75 bits per heavy atom. The Labute approximate surface area is 171 Å². The normalized spacial score (nSPS) is 15.7. The third-order valence-corrected chi connectivity index (χ3v) is 5.72. The number of aryl methyl sites for hydroxylation is 1. The highest BCUT2D eigenvalue weighted by Gasteiger charge is 2.22. The monoisotopic (exact) mass is 437 g/mol. The van der Waals surface area contributed by atoms with Crippen molar-refractivity contribution in [3.63, 3.8) is 0 Å². The molecule has 6 nitrogen and oxygen atoms in total. The van der Waals surface area contributed by atoms with E-state index in [9.17, 15) is 5.11 Å². The van der Waals surface area contributed by atoms with E-state index in [1.165, 1.54) is 23.5 Å². The molecule has 0 fully saturated rings. The van der Waals surface area contributed by atoms with Crippen molar-refractivity contribution < 1.29 is 5.11 Å². The topological polar surface area (TPSA) is 108 Å². The number of nitrogens with one attached hydrogen (secondary N) is 2. The minimum Gasteiger partial charge on any atom is -0.507 e. The van der Waals surface area contributed by atoms with Crippen LogP contribution >= 0.6 is 15.9 Å². The summed E-state index contributed by atoms with van der Waals surface area (Å²) in [5.74, 6) is 0.849. The van der Waals surface area contributed by atoms with Crippen LogP contribution in [0.25, 0.3) is 0 Å². The molecule has 5 N–H and O–H groups in total. The van der Waals surface area contributed by atoms with Crippen LogP contribution in [0.3, 0.4) is 0 Å². The van der Waals surface area contributed by atoms with Crippen LogP contribution in [0.15, 0.2) is 53.3 Å². The van der Waals surface area contributed by atoms with E-state index in [2.05, 4.69) is 55.5 Å². The highest BCUT2D eigenvalue weighted by Crippen LogP contribution is 2.29. The van der Waals surface area contributed by atoms with Gasteiger partial charge in [0, 0.05) is 11.6 Å². The summed E-state index contributed by atoms with van der Waals surface area (Å²) in [5, 5.41) is 22.1. The molecule has 0 aliphatic heterocycles. The largest absolute Gasteiger partial charge is 0.507 e. The molecule has 4 rings (SSSR count). The van der Waals surface area contributed by atoms with Crippen molar-refractivity contribution in [2.45, 2.75) is 25.3 Å². The minimum atomic E-state index is 0.0658. The van der Waals surface area contributed by atoms with E-state index in [-0.39, 0.29) is 23.3 Å². The Morgan fingerprint density at radius 1 is 1.18 bits per heavy atom. The highest BCUT2D eigenvalue weighted by molar-refractivity contribution is 9.10. The van der Waals surface area contributed by atoms with Crippen LogP contribution < -0.4 is 11.1 Å². The minimum absolute atomic E-state index is 0.0658. The maximum absolute atomic E-state index is 9.97. The molecule has 0 saturated carbocycles. The summed E-state index contributed by atoms with van der Waals surface area (Å²) < 4.78 is 0.570. The highest BCUT2D eigenvalue weighted by atomic mass is 79.9. The van der Waals surface area contributed by atoms with Gasteiger partial charge >= 0.3 is 0 Å². The van der Waals surface area contributed by atoms with Crippen molar-refractivity contribution in [2.24, 2.45) is 0 Å². The van der Waals surface area contributed by atoms with Gasteiger partial charge in [0.2, 0.25) is 0 Å². The number of nitrogens with zero attached hydrogens (tertiary/aromatic N) is 2. The molecule has 0 bridgehead atoms. The van der Waals surface area contributed by atoms with Gasteiger partial charge in [0.25, 0.3) is 0 Å². The zero-order valence-corrected chi connectivity index (χ0v) is 16.7. The Morgan fingerprint density at radius 2 is 1.96 bits per heavy atom. The number of fused-ring (bicyclic) bond motifs is 1. The Balaban J connectivity index is 1.63. The Bertz CT molecular complexity index is 1050. The molecule has 0 spiro atoms. The van der Waals surface area contributed by atoms with Gasteiger partial charge in [0.05, 0.1) is 15.7 Å². The molecule has 142 valence electrons.